The Hall–Kier alpha value is -7.99. The van der Waals surface area contributed by atoms with Crippen molar-refractivity contribution in [2.24, 2.45) is 0 Å². The molecule has 0 aliphatic rings. The topological polar surface area (TPSA) is 51.8 Å². The van der Waals surface area contributed by atoms with Crippen molar-refractivity contribution >= 4 is 53.4 Å². The van der Waals surface area contributed by atoms with Gasteiger partial charge in [0, 0.05) is 47.6 Å². The van der Waals surface area contributed by atoms with Crippen LogP contribution in [-0.4, -0.2) is 15.0 Å². The van der Waals surface area contributed by atoms with Crippen LogP contribution in [0.1, 0.15) is 8.22 Å². The highest BCUT2D eigenvalue weighted by Crippen LogP contribution is 2.40. The summed E-state index contributed by atoms with van der Waals surface area (Å²) < 4.78 is 63.8. The fourth-order valence-corrected chi connectivity index (χ4v) is 9.02. The lowest BCUT2D eigenvalue weighted by atomic mass is 9.98. The van der Waals surface area contributed by atoms with E-state index >= 15 is 0 Å². The number of benzene rings is 9. The van der Waals surface area contributed by atoms with Crippen LogP contribution in [0.4, 0.5) is 0 Å². The van der Waals surface area contributed by atoms with Gasteiger partial charge in [-0.25, -0.2) is 15.0 Å². The minimum Gasteiger partial charge on any atom is -0.456 e. The van der Waals surface area contributed by atoms with Gasteiger partial charge in [-0.2, -0.15) is 0 Å². The van der Waals surface area contributed by atoms with E-state index in [9.17, 15) is 6.85 Å². The second-order valence-electron chi connectivity index (χ2n) is 15.1. The first-order valence-corrected chi connectivity index (χ1v) is 21.1. The Bertz CT molecular complexity index is 3970. The summed E-state index contributed by atoms with van der Waals surface area (Å²) in [6.07, 6.45) is 0. The molecule has 4 nitrogen and oxygen atoms in total. The van der Waals surface area contributed by atoms with Crippen molar-refractivity contribution < 1.29 is 12.6 Å². The van der Waals surface area contributed by atoms with Gasteiger partial charge in [0.15, 0.2) is 17.5 Å². The number of hydrogen-bond donors (Lipinski definition) is 0. The van der Waals surface area contributed by atoms with E-state index in [1.807, 2.05) is 152 Å². The molecule has 0 saturated heterocycles. The Morgan fingerprint density at radius 3 is 1.56 bits per heavy atom. The largest absolute Gasteiger partial charge is 0.456 e. The van der Waals surface area contributed by atoms with Gasteiger partial charge in [-0.15, -0.1) is 11.3 Å². The van der Waals surface area contributed by atoms with Crippen LogP contribution in [0.25, 0.3) is 121 Å². The van der Waals surface area contributed by atoms with E-state index in [2.05, 4.69) is 24.3 Å². The number of fused-ring (bicyclic) bond motifs is 6. The molecule has 3 heterocycles. The maximum Gasteiger partial charge on any atom is 0.164 e. The first kappa shape index (κ1) is 30.1. The zero-order chi connectivity index (χ0) is 46.2. The zero-order valence-electron chi connectivity index (χ0n) is 38.9. The molecular weight excluding hydrogens is 775 g/mol. The van der Waals surface area contributed by atoms with Gasteiger partial charge in [0.05, 0.1) is 8.22 Å². The Morgan fingerprint density at radius 1 is 0.323 bits per heavy atom. The lowest BCUT2D eigenvalue weighted by molar-refractivity contribution is 0.669. The standard InChI is InChI=1S/C57H35N3OS/c1-4-11-36(12-5-1)39-19-21-40(22-20-39)55-58-56(45-25-29-51-49(33-45)47-27-23-44(34-52(47)61-51)38-15-8-3-9-16-38)60-57(59-55)46-24-28-48-50-32-43(26-30-53(50)62-54(48)35-46)42-18-10-17-41(31-42)37-13-6-2-7-14-37/h1-35H/i24D,26D,28D,30D,32D,35D. The van der Waals surface area contributed by atoms with Gasteiger partial charge in [0.25, 0.3) is 0 Å². The zero-order valence-corrected chi connectivity index (χ0v) is 33.7. The molecular formula is C57H35N3OS. The van der Waals surface area contributed by atoms with Gasteiger partial charge in [0.1, 0.15) is 11.2 Å². The lowest BCUT2D eigenvalue weighted by Gasteiger charge is -2.09. The van der Waals surface area contributed by atoms with Crippen molar-refractivity contribution in [3.8, 4) is 78.7 Å². The first-order valence-electron chi connectivity index (χ1n) is 23.3. The average Bonchev–Trinajstić information content (AvgIpc) is 3.98. The predicted molar refractivity (Wildman–Crippen MR) is 258 cm³/mol. The van der Waals surface area contributed by atoms with Crippen LogP contribution in [0.15, 0.2) is 217 Å². The summed E-state index contributed by atoms with van der Waals surface area (Å²) in [5.74, 6) is 0.666. The van der Waals surface area contributed by atoms with Crippen molar-refractivity contribution in [2.45, 2.75) is 0 Å². The van der Waals surface area contributed by atoms with Crippen LogP contribution >= 0.6 is 11.3 Å². The second kappa shape index (κ2) is 14.9. The fourth-order valence-electron chi connectivity index (χ4n) is 8.05. The highest BCUT2D eigenvalue weighted by molar-refractivity contribution is 7.25. The molecule has 0 radical (unpaired) electrons. The molecule has 0 amide bonds. The second-order valence-corrected chi connectivity index (χ2v) is 16.1. The number of furan rings is 1. The molecule has 0 aliphatic carbocycles. The molecule has 9 aromatic carbocycles. The van der Waals surface area contributed by atoms with Crippen LogP contribution < -0.4 is 0 Å². The maximum atomic E-state index is 9.74. The molecule has 62 heavy (non-hydrogen) atoms. The fraction of sp³-hybridized carbons (Fsp3) is 0. The van der Waals surface area contributed by atoms with Gasteiger partial charge >= 0.3 is 0 Å². The number of rotatable bonds is 7. The van der Waals surface area contributed by atoms with E-state index < -0.39 is 0 Å². The van der Waals surface area contributed by atoms with Crippen molar-refractivity contribution in [1.29, 1.82) is 0 Å². The van der Waals surface area contributed by atoms with Crippen molar-refractivity contribution in [3.05, 3.63) is 212 Å². The van der Waals surface area contributed by atoms with E-state index in [0.717, 1.165) is 61.1 Å². The number of nitrogens with zero attached hydrogens (tertiary/aromatic N) is 3. The van der Waals surface area contributed by atoms with E-state index in [4.69, 9.17) is 20.7 Å². The third-order valence-electron chi connectivity index (χ3n) is 11.2. The third-order valence-corrected chi connectivity index (χ3v) is 12.2. The summed E-state index contributed by atoms with van der Waals surface area (Å²) in [5, 5.41) is 2.29. The number of aromatic nitrogens is 3. The predicted octanol–water partition coefficient (Wildman–Crippen LogP) is 15.8. The van der Waals surface area contributed by atoms with Crippen LogP contribution in [-0.2, 0) is 0 Å². The molecule has 290 valence electrons. The SMILES string of the molecule is [2H]c1c(-c2cccc(-c3ccccc3)c2)c([2H])c2c(sc3c([2H])c(-c4nc(-c5ccc(-c6ccccc6)cc5)nc(-c5ccc6oc7cc(-c8ccccc8)ccc7c6c5)n4)c([2H])c([2H])c32)c1[2H]. The van der Waals surface area contributed by atoms with E-state index in [1.54, 1.807) is 0 Å². The van der Waals surface area contributed by atoms with Gasteiger partial charge in [0.2, 0.25) is 0 Å². The summed E-state index contributed by atoms with van der Waals surface area (Å²) in [6.45, 7) is 0. The summed E-state index contributed by atoms with van der Waals surface area (Å²) in [7, 11) is 0. The third kappa shape index (κ3) is 6.53. The summed E-state index contributed by atoms with van der Waals surface area (Å²) in [4.78, 5) is 14.9. The highest BCUT2D eigenvalue weighted by Gasteiger charge is 2.17. The molecule has 12 aromatic rings. The van der Waals surface area contributed by atoms with Crippen molar-refractivity contribution in [2.75, 3.05) is 0 Å². The Labute approximate surface area is 370 Å². The average molecular weight is 816 g/mol. The number of hydrogen-bond acceptors (Lipinski definition) is 5. The summed E-state index contributed by atoms with van der Waals surface area (Å²) in [6, 6.07) is 56.5. The number of thiophene rings is 1. The Morgan fingerprint density at radius 2 is 0.855 bits per heavy atom. The molecule has 0 aliphatic heterocycles. The van der Waals surface area contributed by atoms with E-state index in [1.165, 1.54) is 0 Å². The Kier molecular flexibility index (Phi) is 7.25. The normalized spacial score (nSPS) is 12.9. The van der Waals surface area contributed by atoms with Gasteiger partial charge in [-0.05, 0) is 99.0 Å². The van der Waals surface area contributed by atoms with Crippen LogP contribution in [0.2, 0.25) is 0 Å². The molecule has 0 bridgehead atoms. The lowest BCUT2D eigenvalue weighted by Crippen LogP contribution is -2.00. The smallest absolute Gasteiger partial charge is 0.164 e. The monoisotopic (exact) mass is 815 g/mol. The molecule has 0 saturated carbocycles. The highest BCUT2D eigenvalue weighted by atomic mass is 32.1. The molecule has 0 spiro atoms. The Balaban J connectivity index is 1.03. The van der Waals surface area contributed by atoms with Crippen LogP contribution in [0, 0.1) is 0 Å². The van der Waals surface area contributed by atoms with E-state index in [-0.39, 0.29) is 64.0 Å². The molecule has 0 atom stereocenters. The summed E-state index contributed by atoms with van der Waals surface area (Å²) >= 11 is 1.08. The first-order chi connectivity index (χ1) is 33.2. The molecule has 0 unspecified atom stereocenters. The molecule has 0 N–H and O–H groups in total. The van der Waals surface area contributed by atoms with Crippen molar-refractivity contribution in [3.63, 3.8) is 0 Å². The molecule has 0 fully saturated rings. The van der Waals surface area contributed by atoms with Gasteiger partial charge < -0.3 is 4.42 Å². The van der Waals surface area contributed by atoms with Crippen molar-refractivity contribution in [1.82, 2.24) is 15.0 Å². The molecule has 3 aromatic heterocycles. The van der Waals surface area contributed by atoms with Crippen LogP contribution in [0.5, 0.6) is 0 Å². The quantitative estimate of drug-likeness (QED) is 0.161. The van der Waals surface area contributed by atoms with E-state index in [0.29, 0.717) is 43.3 Å². The molecule has 12 rings (SSSR count). The molecule has 5 heteroatoms. The van der Waals surface area contributed by atoms with Gasteiger partial charge in [-0.1, -0.05) is 158 Å². The minimum atomic E-state index is -0.288. The summed E-state index contributed by atoms with van der Waals surface area (Å²) in [5.41, 5.74) is 9.73. The van der Waals surface area contributed by atoms with Gasteiger partial charge in [-0.3, -0.25) is 0 Å². The minimum absolute atomic E-state index is 0.0281. The maximum absolute atomic E-state index is 9.74. The van der Waals surface area contributed by atoms with Crippen LogP contribution in [0.3, 0.4) is 0 Å².